The highest BCUT2D eigenvalue weighted by Crippen LogP contribution is 2.48. The van der Waals surface area contributed by atoms with E-state index in [1.54, 1.807) is 11.0 Å². The van der Waals surface area contributed by atoms with Crippen molar-refractivity contribution in [1.29, 1.82) is 0 Å². The molecule has 3 heterocycles. The minimum atomic E-state index is -0.771. The Morgan fingerprint density at radius 2 is 1.93 bits per heavy atom. The minimum Gasteiger partial charge on any atom is -0.368 e. The number of aliphatic hydroxyl groups is 1. The van der Waals surface area contributed by atoms with Gasteiger partial charge in [-0.25, -0.2) is 4.98 Å². The fraction of sp³-hybridized carbons (Fsp3) is 0.200. The Kier molecular flexibility index (Phi) is 3.76. The average Bonchev–Trinajstić information content (AvgIpc) is 3.31. The first kappa shape index (κ1) is 16.8. The summed E-state index contributed by atoms with van der Waals surface area (Å²) < 4.78 is 2.98. The fourth-order valence-corrected chi connectivity index (χ4v) is 4.45. The number of aryl methyl sites for hydroxylation is 2. The molecule has 1 aliphatic heterocycles. The standard InChI is InChI=1S/C20H18IN5O/c1-11-17-18(12-3-5-13(21)6-4-12)26(20(27)19(17)25(2)24-11)14-7-8-15-16(9-14)23-10-22-15/h3-10,18,20,27H,1-2H3,(H,22,23). The Morgan fingerprint density at radius 3 is 2.70 bits per heavy atom. The molecule has 0 spiro atoms. The minimum absolute atomic E-state index is 0.0999. The largest absolute Gasteiger partial charge is 0.368 e. The summed E-state index contributed by atoms with van der Waals surface area (Å²) in [5.41, 5.74) is 6.79. The van der Waals surface area contributed by atoms with E-state index in [1.165, 1.54) is 3.57 Å². The van der Waals surface area contributed by atoms with Crippen molar-refractivity contribution >= 4 is 39.3 Å². The molecule has 0 saturated heterocycles. The van der Waals surface area contributed by atoms with E-state index in [-0.39, 0.29) is 6.04 Å². The van der Waals surface area contributed by atoms with Crippen LogP contribution in [-0.2, 0) is 7.05 Å². The highest BCUT2D eigenvalue weighted by molar-refractivity contribution is 14.1. The number of fused-ring (bicyclic) bond motifs is 2. The second kappa shape index (κ2) is 6.07. The lowest BCUT2D eigenvalue weighted by atomic mass is 9.99. The number of aliphatic hydroxyl groups excluding tert-OH is 1. The third-order valence-electron chi connectivity index (χ3n) is 5.26. The van der Waals surface area contributed by atoms with E-state index in [2.05, 4.69) is 66.8 Å². The SMILES string of the molecule is Cc1nn(C)c2c1C(c1ccc(I)cc1)N(c1ccc3[nH]cnc3c1)C2O. The number of aromatic amines is 1. The van der Waals surface area contributed by atoms with Crippen molar-refractivity contribution in [2.45, 2.75) is 19.2 Å². The zero-order chi connectivity index (χ0) is 18.7. The lowest BCUT2D eigenvalue weighted by Gasteiger charge is -2.31. The lowest BCUT2D eigenvalue weighted by molar-refractivity contribution is 0.168. The Hall–Kier alpha value is -2.39. The molecule has 6 nitrogen and oxygen atoms in total. The molecule has 0 bridgehead atoms. The number of imidazole rings is 1. The van der Waals surface area contributed by atoms with Gasteiger partial charge >= 0.3 is 0 Å². The zero-order valence-electron chi connectivity index (χ0n) is 14.9. The van der Waals surface area contributed by atoms with Gasteiger partial charge in [0.15, 0.2) is 6.23 Å². The van der Waals surface area contributed by atoms with Crippen LogP contribution in [0.2, 0.25) is 0 Å². The van der Waals surface area contributed by atoms with Crippen molar-refractivity contribution in [1.82, 2.24) is 19.7 Å². The van der Waals surface area contributed by atoms with Gasteiger partial charge in [0.05, 0.1) is 34.8 Å². The van der Waals surface area contributed by atoms with Gasteiger partial charge in [0.2, 0.25) is 0 Å². The van der Waals surface area contributed by atoms with Crippen LogP contribution in [0.5, 0.6) is 0 Å². The molecule has 2 aromatic carbocycles. The first-order valence-electron chi connectivity index (χ1n) is 8.73. The number of halogens is 1. The summed E-state index contributed by atoms with van der Waals surface area (Å²) >= 11 is 2.31. The molecule has 1 aliphatic rings. The molecule has 0 aliphatic carbocycles. The summed E-state index contributed by atoms with van der Waals surface area (Å²) in [5.74, 6) is 0. The Bertz CT molecular complexity index is 1150. The summed E-state index contributed by atoms with van der Waals surface area (Å²) in [4.78, 5) is 9.55. The van der Waals surface area contributed by atoms with Crippen molar-refractivity contribution in [2.75, 3.05) is 4.90 Å². The third-order valence-corrected chi connectivity index (χ3v) is 5.98. The Balaban J connectivity index is 1.72. The Morgan fingerprint density at radius 1 is 1.15 bits per heavy atom. The van der Waals surface area contributed by atoms with Crippen LogP contribution in [0.25, 0.3) is 11.0 Å². The van der Waals surface area contributed by atoms with Crippen LogP contribution >= 0.6 is 22.6 Å². The van der Waals surface area contributed by atoms with Crippen LogP contribution in [0.15, 0.2) is 48.8 Å². The van der Waals surface area contributed by atoms with E-state index in [1.807, 2.05) is 32.2 Å². The highest BCUT2D eigenvalue weighted by Gasteiger charge is 2.43. The number of hydrogen-bond acceptors (Lipinski definition) is 4. The van der Waals surface area contributed by atoms with Crippen LogP contribution in [0.3, 0.4) is 0 Å². The highest BCUT2D eigenvalue weighted by atomic mass is 127. The van der Waals surface area contributed by atoms with E-state index in [0.29, 0.717) is 0 Å². The molecule has 4 aromatic rings. The van der Waals surface area contributed by atoms with Crippen LogP contribution < -0.4 is 4.90 Å². The van der Waals surface area contributed by atoms with Crippen LogP contribution in [0.4, 0.5) is 5.69 Å². The number of nitrogens with zero attached hydrogens (tertiary/aromatic N) is 4. The van der Waals surface area contributed by atoms with Gasteiger partial charge in [0, 0.05) is 21.9 Å². The predicted octanol–water partition coefficient (Wildman–Crippen LogP) is 3.81. The quantitative estimate of drug-likeness (QED) is 0.437. The molecule has 0 amide bonds. The number of H-pyrrole nitrogens is 1. The predicted molar refractivity (Wildman–Crippen MR) is 112 cm³/mol. The molecule has 0 saturated carbocycles. The van der Waals surface area contributed by atoms with Gasteiger partial charge in [-0.2, -0.15) is 5.10 Å². The normalized spacial score (nSPS) is 19.0. The maximum absolute atomic E-state index is 11.2. The first-order valence-corrected chi connectivity index (χ1v) is 9.81. The summed E-state index contributed by atoms with van der Waals surface area (Å²) in [6.45, 7) is 2.01. The summed E-state index contributed by atoms with van der Waals surface area (Å²) in [5, 5.41) is 15.8. The second-order valence-electron chi connectivity index (χ2n) is 6.85. The molecule has 0 radical (unpaired) electrons. The molecule has 2 N–H and O–H groups in total. The van der Waals surface area contributed by atoms with Crippen LogP contribution in [0.1, 0.15) is 34.8 Å². The van der Waals surface area contributed by atoms with Crippen LogP contribution in [-0.4, -0.2) is 24.9 Å². The van der Waals surface area contributed by atoms with Crippen molar-refractivity contribution in [2.24, 2.45) is 7.05 Å². The summed E-state index contributed by atoms with van der Waals surface area (Å²) in [7, 11) is 1.89. The molecule has 2 aromatic heterocycles. The topological polar surface area (TPSA) is 70.0 Å². The fourth-order valence-electron chi connectivity index (χ4n) is 4.09. The molecule has 0 fully saturated rings. The number of aromatic nitrogens is 4. The van der Waals surface area contributed by atoms with E-state index in [4.69, 9.17) is 0 Å². The van der Waals surface area contributed by atoms with Crippen molar-refractivity contribution in [3.05, 3.63) is 74.9 Å². The van der Waals surface area contributed by atoms with E-state index in [9.17, 15) is 5.11 Å². The molecule has 5 rings (SSSR count). The van der Waals surface area contributed by atoms with Crippen molar-refractivity contribution in [3.8, 4) is 0 Å². The summed E-state index contributed by atoms with van der Waals surface area (Å²) in [6.07, 6.45) is 0.917. The van der Waals surface area contributed by atoms with Gasteiger partial charge in [0.25, 0.3) is 0 Å². The van der Waals surface area contributed by atoms with Crippen LogP contribution in [0, 0.1) is 10.5 Å². The zero-order valence-corrected chi connectivity index (χ0v) is 17.0. The Labute approximate surface area is 170 Å². The number of nitrogens with one attached hydrogen (secondary N) is 1. The van der Waals surface area contributed by atoms with Gasteiger partial charge in [-0.3, -0.25) is 4.68 Å². The van der Waals surface area contributed by atoms with E-state index < -0.39 is 6.23 Å². The van der Waals surface area contributed by atoms with Gasteiger partial charge < -0.3 is 15.0 Å². The monoisotopic (exact) mass is 471 g/mol. The third kappa shape index (κ3) is 2.49. The molecule has 2 unspecified atom stereocenters. The number of anilines is 1. The smallest absolute Gasteiger partial charge is 0.171 e. The van der Waals surface area contributed by atoms with Crippen molar-refractivity contribution in [3.63, 3.8) is 0 Å². The molecular formula is C20H18IN5O. The maximum atomic E-state index is 11.2. The summed E-state index contributed by atoms with van der Waals surface area (Å²) in [6, 6.07) is 14.4. The van der Waals surface area contributed by atoms with E-state index in [0.717, 1.165) is 39.2 Å². The van der Waals surface area contributed by atoms with Gasteiger partial charge in [-0.15, -0.1) is 0 Å². The van der Waals surface area contributed by atoms with Gasteiger partial charge in [-0.05, 0) is 65.4 Å². The first-order chi connectivity index (χ1) is 13.0. The second-order valence-corrected chi connectivity index (χ2v) is 8.09. The molecular weight excluding hydrogens is 453 g/mol. The number of benzene rings is 2. The van der Waals surface area contributed by atoms with Gasteiger partial charge in [-0.1, -0.05) is 12.1 Å². The van der Waals surface area contributed by atoms with Gasteiger partial charge in [0.1, 0.15) is 0 Å². The molecule has 7 heteroatoms. The van der Waals surface area contributed by atoms with Crippen molar-refractivity contribution < 1.29 is 5.11 Å². The molecule has 27 heavy (non-hydrogen) atoms. The number of hydrogen-bond donors (Lipinski definition) is 2. The molecule has 136 valence electrons. The average molecular weight is 471 g/mol. The number of rotatable bonds is 2. The lowest BCUT2D eigenvalue weighted by Crippen LogP contribution is -2.28. The van der Waals surface area contributed by atoms with E-state index >= 15 is 0 Å². The molecule has 2 atom stereocenters. The maximum Gasteiger partial charge on any atom is 0.171 e.